The molecule has 4 heterocycles. The summed E-state index contributed by atoms with van der Waals surface area (Å²) in [4.78, 5) is 0. The minimum Gasteiger partial charge on any atom is -0.455 e. The molecule has 0 radical (unpaired) electrons. The molecule has 33 heavy (non-hydrogen) atoms. The van der Waals surface area contributed by atoms with Gasteiger partial charge in [-0.05, 0) is 60.7 Å². The topological polar surface area (TPSA) is 111 Å². The van der Waals surface area contributed by atoms with Crippen molar-refractivity contribution in [2.24, 2.45) is 0 Å². The fourth-order valence-electron chi connectivity index (χ4n) is 4.29. The number of hydrogen-bond acceptors (Lipinski definition) is 7. The third-order valence-corrected chi connectivity index (χ3v) is 8.25. The molecule has 2 aromatic carbocycles. The number of anilines is 2. The zero-order valence-electron chi connectivity index (χ0n) is 18.1. The van der Waals surface area contributed by atoms with Crippen molar-refractivity contribution in [2.75, 3.05) is 37.9 Å². The molecular weight excluding hydrogens is 556 g/mol. The number of halogens is 2. The Morgan fingerprint density at radius 3 is 1.73 bits per heavy atom. The van der Waals surface area contributed by atoms with E-state index in [1.165, 1.54) is 0 Å². The highest BCUT2D eigenvalue weighted by molar-refractivity contribution is 9.11. The van der Waals surface area contributed by atoms with Crippen LogP contribution in [0.3, 0.4) is 0 Å². The molecule has 6 rings (SSSR count). The Morgan fingerprint density at radius 2 is 1.18 bits per heavy atom. The standard InChI is InChI=1S/C24H26Br2N2O5/c25-21-17(5-13-9-31-13)19(27)1-2-20(21)33-24-16(4-12-8-30-12)15(3-11-7-29-11)23(28)18(22(24)26)6-14-10-32-14/h1-2,11-14H,3-10,27-28H2. The zero-order valence-corrected chi connectivity index (χ0v) is 21.2. The van der Waals surface area contributed by atoms with Gasteiger partial charge < -0.3 is 35.2 Å². The van der Waals surface area contributed by atoms with Crippen molar-refractivity contribution in [3.63, 3.8) is 0 Å². The number of nitrogen functional groups attached to an aromatic ring is 2. The highest BCUT2D eigenvalue weighted by atomic mass is 79.9. The normalized spacial score (nSPS) is 26.8. The highest BCUT2D eigenvalue weighted by Gasteiger charge is 2.35. The molecule has 0 aliphatic carbocycles. The molecule has 4 aliphatic heterocycles. The summed E-state index contributed by atoms with van der Waals surface area (Å²) in [5.41, 5.74) is 18.8. The monoisotopic (exact) mass is 580 g/mol. The lowest BCUT2D eigenvalue weighted by atomic mass is 9.91. The number of benzene rings is 2. The Labute approximate surface area is 209 Å². The van der Waals surface area contributed by atoms with Crippen molar-refractivity contribution >= 4 is 43.2 Å². The lowest BCUT2D eigenvalue weighted by Crippen LogP contribution is -2.13. The number of hydrogen-bond donors (Lipinski definition) is 2. The van der Waals surface area contributed by atoms with Crippen LogP contribution in [0.2, 0.25) is 0 Å². The van der Waals surface area contributed by atoms with Crippen LogP contribution in [-0.4, -0.2) is 50.8 Å². The van der Waals surface area contributed by atoms with Crippen molar-refractivity contribution in [3.8, 4) is 11.5 Å². The van der Waals surface area contributed by atoms with Gasteiger partial charge in [0.1, 0.15) is 11.5 Å². The van der Waals surface area contributed by atoms with Crippen LogP contribution in [-0.2, 0) is 44.6 Å². The Morgan fingerprint density at radius 1 is 0.697 bits per heavy atom. The molecular formula is C24H26Br2N2O5. The van der Waals surface area contributed by atoms with Crippen LogP contribution < -0.4 is 16.2 Å². The van der Waals surface area contributed by atoms with Gasteiger partial charge in [0.25, 0.3) is 0 Å². The summed E-state index contributed by atoms with van der Waals surface area (Å²) in [7, 11) is 0. The third-order valence-electron chi connectivity index (χ3n) is 6.55. The average molecular weight is 582 g/mol. The molecule has 0 aromatic heterocycles. The second-order valence-electron chi connectivity index (χ2n) is 9.18. The summed E-state index contributed by atoms with van der Waals surface area (Å²) < 4.78 is 30.5. The molecule has 9 heteroatoms. The van der Waals surface area contributed by atoms with E-state index < -0.39 is 0 Å². The van der Waals surface area contributed by atoms with E-state index in [2.05, 4.69) is 31.9 Å². The van der Waals surface area contributed by atoms with Gasteiger partial charge in [0.05, 0.1) is 59.8 Å². The van der Waals surface area contributed by atoms with Gasteiger partial charge in [-0.1, -0.05) is 0 Å². The number of rotatable bonds is 10. The lowest BCUT2D eigenvalue weighted by Gasteiger charge is -2.23. The Kier molecular flexibility index (Phi) is 5.83. The highest BCUT2D eigenvalue weighted by Crippen LogP contribution is 2.47. The Hall–Kier alpha value is -1.36. The van der Waals surface area contributed by atoms with Crippen LogP contribution in [0.4, 0.5) is 11.4 Å². The Balaban J connectivity index is 1.44. The molecule has 0 saturated carbocycles. The first-order valence-electron chi connectivity index (χ1n) is 11.3. The molecule has 4 unspecified atom stereocenters. The SMILES string of the molecule is Nc1ccc(Oc2c(Br)c(CC3CO3)c(N)c(CC3CO3)c2CC2CO2)c(Br)c1CC1CO1. The van der Waals surface area contributed by atoms with E-state index in [4.69, 9.17) is 35.2 Å². The maximum Gasteiger partial charge on any atom is 0.145 e. The summed E-state index contributed by atoms with van der Waals surface area (Å²) in [6, 6.07) is 3.80. The van der Waals surface area contributed by atoms with E-state index in [-0.39, 0.29) is 24.4 Å². The summed E-state index contributed by atoms with van der Waals surface area (Å²) >= 11 is 7.58. The van der Waals surface area contributed by atoms with E-state index in [0.29, 0.717) is 5.75 Å². The van der Waals surface area contributed by atoms with Crippen molar-refractivity contribution in [1.29, 1.82) is 0 Å². The van der Waals surface area contributed by atoms with E-state index >= 15 is 0 Å². The molecule has 7 nitrogen and oxygen atoms in total. The molecule has 4 saturated heterocycles. The van der Waals surface area contributed by atoms with Crippen LogP contribution in [0, 0.1) is 0 Å². The molecule has 4 N–H and O–H groups in total. The third kappa shape index (κ3) is 4.90. The van der Waals surface area contributed by atoms with Crippen LogP contribution in [0.5, 0.6) is 11.5 Å². The molecule has 176 valence electrons. The number of ether oxygens (including phenoxy) is 5. The fraction of sp³-hybridized carbons (Fsp3) is 0.500. The van der Waals surface area contributed by atoms with Gasteiger partial charge in [-0.25, -0.2) is 0 Å². The maximum atomic E-state index is 6.75. The second-order valence-corrected chi connectivity index (χ2v) is 10.8. The van der Waals surface area contributed by atoms with Crippen molar-refractivity contribution < 1.29 is 23.7 Å². The van der Waals surface area contributed by atoms with Gasteiger partial charge >= 0.3 is 0 Å². The van der Waals surface area contributed by atoms with Crippen LogP contribution in [0.25, 0.3) is 0 Å². The molecule has 2 aromatic rings. The molecule has 4 atom stereocenters. The molecule has 4 aliphatic rings. The second kappa shape index (κ2) is 8.70. The minimum atomic E-state index is 0.188. The number of nitrogens with two attached hydrogens (primary N) is 2. The molecule has 0 bridgehead atoms. The van der Waals surface area contributed by atoms with E-state index in [1.54, 1.807) is 0 Å². The minimum absolute atomic E-state index is 0.188. The summed E-state index contributed by atoms with van der Waals surface area (Å²) in [6.45, 7) is 3.05. The van der Waals surface area contributed by atoms with Gasteiger partial charge in [0.2, 0.25) is 0 Å². The van der Waals surface area contributed by atoms with E-state index in [0.717, 1.165) is 100 Å². The quantitative estimate of drug-likeness (QED) is 0.323. The van der Waals surface area contributed by atoms with Gasteiger partial charge in [-0.2, -0.15) is 0 Å². The Bertz CT molecular complexity index is 1100. The van der Waals surface area contributed by atoms with Gasteiger partial charge in [-0.15, -0.1) is 0 Å². The molecule has 0 spiro atoms. The smallest absolute Gasteiger partial charge is 0.145 e. The first kappa shape index (κ1) is 22.1. The predicted octanol–water partition coefficient (Wildman–Crippen LogP) is 3.93. The lowest BCUT2D eigenvalue weighted by molar-refractivity contribution is 0.395. The first-order chi connectivity index (χ1) is 16.0. The van der Waals surface area contributed by atoms with Crippen molar-refractivity contribution in [1.82, 2.24) is 0 Å². The average Bonchev–Trinajstić information content (AvgIpc) is 3.62. The van der Waals surface area contributed by atoms with Gasteiger partial charge in [0.15, 0.2) is 0 Å². The molecule has 4 fully saturated rings. The van der Waals surface area contributed by atoms with Crippen LogP contribution in [0.1, 0.15) is 22.3 Å². The summed E-state index contributed by atoms with van der Waals surface area (Å²) in [6.07, 6.45) is 3.83. The maximum absolute atomic E-state index is 6.75. The first-order valence-corrected chi connectivity index (χ1v) is 12.9. The molecule has 0 amide bonds. The van der Waals surface area contributed by atoms with Gasteiger partial charge in [-0.3, -0.25) is 0 Å². The van der Waals surface area contributed by atoms with Crippen LogP contribution >= 0.6 is 31.9 Å². The fourth-order valence-corrected chi connectivity index (χ4v) is 5.59. The summed E-state index contributed by atoms with van der Waals surface area (Å²) in [5, 5.41) is 0. The van der Waals surface area contributed by atoms with E-state index in [1.807, 2.05) is 12.1 Å². The number of epoxide rings is 4. The predicted molar refractivity (Wildman–Crippen MR) is 131 cm³/mol. The van der Waals surface area contributed by atoms with Crippen molar-refractivity contribution in [3.05, 3.63) is 43.3 Å². The van der Waals surface area contributed by atoms with Crippen molar-refractivity contribution in [2.45, 2.75) is 50.1 Å². The van der Waals surface area contributed by atoms with Crippen LogP contribution in [0.15, 0.2) is 21.1 Å². The zero-order chi connectivity index (χ0) is 22.7. The van der Waals surface area contributed by atoms with E-state index in [9.17, 15) is 0 Å². The summed E-state index contributed by atoms with van der Waals surface area (Å²) in [5.74, 6) is 1.50. The largest absolute Gasteiger partial charge is 0.455 e. The van der Waals surface area contributed by atoms with Gasteiger partial charge in [0, 0.05) is 42.6 Å².